The van der Waals surface area contributed by atoms with Crippen LogP contribution in [0.15, 0.2) is 0 Å². The van der Waals surface area contributed by atoms with E-state index in [0.29, 0.717) is 0 Å². The molecule has 4 nitrogen and oxygen atoms in total. The van der Waals surface area contributed by atoms with Crippen LogP contribution in [-0.2, 0) is 58.1 Å². The molecule has 0 aliphatic rings. The van der Waals surface area contributed by atoms with Gasteiger partial charge in [-0.3, -0.25) is 27.2 Å². The third-order valence-electron chi connectivity index (χ3n) is 0. The van der Waals surface area contributed by atoms with Gasteiger partial charge in [0.25, 0.3) is 0 Å². The minimum Gasteiger partial charge on any atom is -0.545 e. The predicted molar refractivity (Wildman–Crippen MR) is 46.2 cm³/mol. The summed E-state index contributed by atoms with van der Waals surface area (Å²) >= 11 is 0. The molecule has 0 saturated heterocycles. The zero-order valence-electron chi connectivity index (χ0n) is 7.65. The van der Waals surface area contributed by atoms with Crippen LogP contribution in [-0.4, -0.2) is 27.2 Å². The molecule has 6 heteroatoms. The van der Waals surface area contributed by atoms with Gasteiger partial charge in [-0.2, -0.15) is 0 Å². The van der Waals surface area contributed by atoms with Gasteiger partial charge in [-0.1, -0.05) is 0 Å². The van der Waals surface area contributed by atoms with Gasteiger partial charge in [0.1, 0.15) is 0 Å². The van der Waals surface area contributed by atoms with Crippen LogP contribution in [0.1, 0.15) is 0 Å². The maximum atomic E-state index is 7.75. The van der Waals surface area contributed by atoms with Gasteiger partial charge in [0.05, 0.1) is 0 Å². The van der Waals surface area contributed by atoms with Crippen molar-refractivity contribution in [2.24, 2.45) is 0 Å². The summed E-state index contributed by atoms with van der Waals surface area (Å²) in [7, 11) is 0. The first kappa shape index (κ1) is 119. The Labute approximate surface area is 107 Å². The third kappa shape index (κ3) is 219000. The SMILES string of the molecule is [CH-]=O.[CH-]=O.[CH-]=O.[CH-]=O.[CH3-].[CH3-].[CH3-].[Ru+2].[Ru+5]. The molecule has 0 spiro atoms. The first-order valence-electron chi connectivity index (χ1n) is 0.943. The molecule has 0 unspecified atom stereocenters. The van der Waals surface area contributed by atoms with E-state index < -0.39 is 0 Å². The molecular weight excluding hydrogens is 350 g/mol. The van der Waals surface area contributed by atoms with E-state index in [-0.39, 0.29) is 61.2 Å². The summed E-state index contributed by atoms with van der Waals surface area (Å²) in [6.07, 6.45) is 0. The third-order valence-corrected chi connectivity index (χ3v) is 0. The Bertz CT molecular complexity index is 26.5. The minimum absolute atomic E-state index is 0. The standard InChI is InChI=1S/4CHO.3CH3.2Ru/c4*1-2;;;;;/h4*1H;3*1H3;;/q7*-1;+2;+5. The average molecular weight is 363 g/mol. The summed E-state index contributed by atoms with van der Waals surface area (Å²) in [5.74, 6) is 0. The second-order valence-corrected chi connectivity index (χ2v) is 0. The van der Waals surface area contributed by atoms with Crippen LogP contribution in [0.25, 0.3) is 0 Å². The van der Waals surface area contributed by atoms with E-state index in [1.54, 1.807) is 0 Å². The Morgan fingerprint density at radius 1 is 0.462 bits per heavy atom. The second kappa shape index (κ2) is 265000. The molecule has 0 saturated carbocycles. The number of hydrogen-bond donors (Lipinski definition) is 0. The van der Waals surface area contributed by atoms with Crippen molar-refractivity contribution in [1.29, 1.82) is 0 Å². The van der Waals surface area contributed by atoms with Crippen molar-refractivity contribution in [2.45, 2.75) is 0 Å². The molecule has 0 bridgehead atoms. The quantitative estimate of drug-likeness (QED) is 0.352. The molecule has 0 aromatic carbocycles. The molecule has 0 rings (SSSR count). The first-order valence-corrected chi connectivity index (χ1v) is 0.943. The summed E-state index contributed by atoms with van der Waals surface area (Å²) in [6, 6.07) is 0. The zero-order chi connectivity index (χ0) is 8.00. The molecule has 0 aromatic rings. The second-order valence-electron chi connectivity index (χ2n) is 0. The van der Waals surface area contributed by atoms with Crippen LogP contribution >= 0.6 is 0 Å². The monoisotopic (exact) mass is 365 g/mol. The molecule has 0 aromatic heterocycles. The number of carbonyl (C=O) groups excluding carboxylic acids is 4. The van der Waals surface area contributed by atoms with Gasteiger partial charge < -0.3 is 41.5 Å². The average Bonchev–Trinajstić information content (AvgIpc) is 2.03. The van der Waals surface area contributed by atoms with E-state index in [1.807, 2.05) is 0 Å². The fourth-order valence-corrected chi connectivity index (χ4v) is 0. The van der Waals surface area contributed by atoms with Crippen LogP contribution in [0, 0.1) is 22.3 Å². The molecule has 1 radical (unpaired) electrons. The van der Waals surface area contributed by atoms with Crippen molar-refractivity contribution in [1.82, 2.24) is 0 Å². The molecule has 81 valence electrons. The molecular formula is C7H13O4Ru2. The smallest absolute Gasteiger partial charge is 0.545 e. The number of hydrogen-bond acceptors (Lipinski definition) is 4. The Kier molecular flexibility index (Phi) is 2430000. The van der Waals surface area contributed by atoms with Crippen LogP contribution < -0.4 is 0 Å². The predicted octanol–water partition coefficient (Wildman–Crippen LogP) is 0.249. The van der Waals surface area contributed by atoms with Gasteiger partial charge in [-0.25, -0.2) is 0 Å². The Balaban J connectivity index is -0.00000000208. The summed E-state index contributed by atoms with van der Waals surface area (Å²) < 4.78 is 0. The minimum atomic E-state index is 0. The number of rotatable bonds is 0. The fourth-order valence-electron chi connectivity index (χ4n) is 0. The van der Waals surface area contributed by atoms with Crippen molar-refractivity contribution in [3.8, 4) is 0 Å². The van der Waals surface area contributed by atoms with Crippen LogP contribution in [0.5, 0.6) is 0 Å². The topological polar surface area (TPSA) is 68.3 Å². The molecule has 0 atom stereocenters. The van der Waals surface area contributed by atoms with Gasteiger partial charge in [0, 0.05) is 0 Å². The van der Waals surface area contributed by atoms with Gasteiger partial charge in [-0.05, 0) is 0 Å². The van der Waals surface area contributed by atoms with Crippen molar-refractivity contribution in [3.63, 3.8) is 0 Å². The molecule has 13 heavy (non-hydrogen) atoms. The molecule has 0 fully saturated rings. The summed E-state index contributed by atoms with van der Waals surface area (Å²) in [6.45, 7) is 13.0. The van der Waals surface area contributed by atoms with E-state index >= 15 is 0 Å². The van der Waals surface area contributed by atoms with Gasteiger partial charge in [0.2, 0.25) is 0 Å². The summed E-state index contributed by atoms with van der Waals surface area (Å²) in [4.78, 5) is 31.0. The van der Waals surface area contributed by atoms with Crippen LogP contribution in [0.3, 0.4) is 0 Å². The molecule has 0 aliphatic heterocycles. The molecule has 0 aliphatic carbocycles. The van der Waals surface area contributed by atoms with Crippen molar-refractivity contribution in [2.75, 3.05) is 0 Å². The van der Waals surface area contributed by atoms with Crippen LogP contribution in [0.2, 0.25) is 0 Å². The molecule has 0 amide bonds. The van der Waals surface area contributed by atoms with E-state index in [0.717, 1.165) is 0 Å². The van der Waals surface area contributed by atoms with E-state index in [1.165, 1.54) is 0 Å². The van der Waals surface area contributed by atoms with Gasteiger partial charge in [-0.15, -0.1) is 0 Å². The van der Waals surface area contributed by atoms with Gasteiger partial charge in [0.15, 0.2) is 0 Å². The normalized spacial score (nSPS) is 1.23. The van der Waals surface area contributed by atoms with Crippen molar-refractivity contribution in [3.05, 3.63) is 22.3 Å². The van der Waals surface area contributed by atoms with E-state index in [9.17, 15) is 0 Å². The Hall–Kier alpha value is -0.0732. The molecule has 0 heterocycles. The maximum absolute atomic E-state index is 7.75. The zero-order valence-corrected chi connectivity index (χ0v) is 11.1. The largest absolute Gasteiger partial charge is 5.00 e. The first-order chi connectivity index (χ1) is 4.00. The molecule has 0 N–H and O–H groups in total. The van der Waals surface area contributed by atoms with E-state index in [2.05, 4.69) is 27.2 Å². The van der Waals surface area contributed by atoms with Crippen molar-refractivity contribution >= 4 is 27.2 Å². The summed E-state index contributed by atoms with van der Waals surface area (Å²) in [5.41, 5.74) is 0. The Morgan fingerprint density at radius 2 is 0.462 bits per heavy atom. The van der Waals surface area contributed by atoms with Gasteiger partial charge >= 0.3 is 39.0 Å². The van der Waals surface area contributed by atoms with Crippen molar-refractivity contribution < 1.29 is 58.1 Å². The summed E-state index contributed by atoms with van der Waals surface area (Å²) in [5, 5.41) is 0. The maximum Gasteiger partial charge on any atom is 5.00 e. The van der Waals surface area contributed by atoms with E-state index in [4.69, 9.17) is 19.2 Å². The Morgan fingerprint density at radius 3 is 0.462 bits per heavy atom. The van der Waals surface area contributed by atoms with Crippen LogP contribution in [0.4, 0.5) is 0 Å². The fraction of sp³-hybridized carbons (Fsp3) is 0.